The summed E-state index contributed by atoms with van der Waals surface area (Å²) in [4.78, 5) is 38.2. The van der Waals surface area contributed by atoms with Gasteiger partial charge >= 0.3 is 18.2 Å². The summed E-state index contributed by atoms with van der Waals surface area (Å²) in [7, 11) is -2.77. The SMILES string of the molecule is COC(=O)[C@H](CCC=C(F)COS(C)(=O)=O)N(C(=O)OC(C)(C)C)C(=O)OC(C)(C)C. The summed E-state index contributed by atoms with van der Waals surface area (Å²) in [5.74, 6) is -1.85. The van der Waals surface area contributed by atoms with Crippen molar-refractivity contribution in [2.45, 2.75) is 71.6 Å². The number of allylic oxidation sites excluding steroid dienone is 1. The van der Waals surface area contributed by atoms with E-state index in [0.717, 1.165) is 19.4 Å². The van der Waals surface area contributed by atoms with Crippen LogP contribution in [0.4, 0.5) is 14.0 Å². The number of hydrogen-bond acceptors (Lipinski definition) is 9. The molecule has 0 aliphatic carbocycles. The van der Waals surface area contributed by atoms with E-state index in [9.17, 15) is 27.2 Å². The monoisotopic (exact) mass is 469 g/mol. The number of amides is 2. The fourth-order valence-corrected chi connectivity index (χ4v) is 2.39. The van der Waals surface area contributed by atoms with E-state index >= 15 is 0 Å². The van der Waals surface area contributed by atoms with Gasteiger partial charge in [0.15, 0.2) is 0 Å². The minimum atomic E-state index is -3.83. The summed E-state index contributed by atoms with van der Waals surface area (Å²) in [6.07, 6.45) is -0.918. The van der Waals surface area contributed by atoms with Gasteiger partial charge in [-0.05, 0) is 54.4 Å². The Hall–Kier alpha value is -2.21. The minimum Gasteiger partial charge on any atom is -0.467 e. The molecule has 180 valence electrons. The maximum atomic E-state index is 13.8. The van der Waals surface area contributed by atoms with E-state index in [4.69, 9.17) is 9.47 Å². The lowest BCUT2D eigenvalue weighted by atomic mass is 10.1. The van der Waals surface area contributed by atoms with Gasteiger partial charge in [-0.25, -0.2) is 18.8 Å². The average molecular weight is 470 g/mol. The number of esters is 1. The largest absolute Gasteiger partial charge is 0.467 e. The van der Waals surface area contributed by atoms with Crippen LogP contribution in [0, 0.1) is 0 Å². The van der Waals surface area contributed by atoms with Crippen molar-refractivity contribution in [2.75, 3.05) is 20.0 Å². The number of carbonyl (C=O) groups excluding carboxylic acids is 3. The van der Waals surface area contributed by atoms with Crippen LogP contribution in [0.15, 0.2) is 11.9 Å². The van der Waals surface area contributed by atoms with E-state index < -0.39 is 58.0 Å². The minimum absolute atomic E-state index is 0.152. The first kappa shape index (κ1) is 28.8. The molecule has 0 saturated carbocycles. The molecule has 0 rings (SSSR count). The maximum absolute atomic E-state index is 13.8. The predicted molar refractivity (Wildman–Crippen MR) is 109 cm³/mol. The Bertz CT molecular complexity index is 751. The Kier molecular flexibility index (Phi) is 10.6. The normalized spacial score (nSPS) is 13.9. The lowest BCUT2D eigenvalue weighted by Gasteiger charge is -2.32. The van der Waals surface area contributed by atoms with Crippen molar-refractivity contribution in [1.82, 2.24) is 4.90 Å². The number of rotatable bonds is 8. The topological polar surface area (TPSA) is 126 Å². The third-order valence-corrected chi connectivity index (χ3v) is 3.73. The smallest absolute Gasteiger partial charge is 0.420 e. The van der Waals surface area contributed by atoms with Gasteiger partial charge in [-0.3, -0.25) is 4.18 Å². The van der Waals surface area contributed by atoms with E-state index in [1.807, 2.05) is 0 Å². The van der Waals surface area contributed by atoms with E-state index in [0.29, 0.717) is 4.90 Å². The second kappa shape index (κ2) is 11.4. The Balaban J connectivity index is 5.72. The van der Waals surface area contributed by atoms with Crippen LogP contribution >= 0.6 is 0 Å². The zero-order valence-corrected chi connectivity index (χ0v) is 20.0. The standard InChI is InChI=1S/C19H32FNO9S/c1-18(2,3)29-16(23)21(17(24)30-19(4,5)6)14(15(22)27-7)11-9-10-13(20)12-28-31(8,25)26/h10,14H,9,11-12H2,1-8H3/t14-/m0/s1. The lowest BCUT2D eigenvalue weighted by molar-refractivity contribution is -0.146. The highest BCUT2D eigenvalue weighted by Crippen LogP contribution is 2.20. The van der Waals surface area contributed by atoms with Gasteiger partial charge in [0, 0.05) is 0 Å². The molecule has 0 aromatic carbocycles. The molecule has 0 aromatic heterocycles. The highest BCUT2D eigenvalue weighted by atomic mass is 32.2. The van der Waals surface area contributed by atoms with Crippen LogP contribution in [0.25, 0.3) is 0 Å². The highest BCUT2D eigenvalue weighted by Gasteiger charge is 2.40. The van der Waals surface area contributed by atoms with Crippen LogP contribution in [0.3, 0.4) is 0 Å². The third-order valence-electron chi connectivity index (χ3n) is 3.18. The first-order valence-corrected chi connectivity index (χ1v) is 11.2. The van der Waals surface area contributed by atoms with E-state index in [1.165, 1.54) is 0 Å². The molecule has 0 saturated heterocycles. The molecule has 0 aliphatic rings. The van der Waals surface area contributed by atoms with Crippen molar-refractivity contribution in [3.63, 3.8) is 0 Å². The molecule has 0 fully saturated rings. The van der Waals surface area contributed by atoms with Crippen molar-refractivity contribution in [2.24, 2.45) is 0 Å². The van der Waals surface area contributed by atoms with Crippen LogP contribution in [0.5, 0.6) is 0 Å². The molecule has 12 heteroatoms. The van der Waals surface area contributed by atoms with Gasteiger partial charge in [0.2, 0.25) is 0 Å². The van der Waals surface area contributed by atoms with Crippen LogP contribution in [-0.2, 0) is 33.3 Å². The van der Waals surface area contributed by atoms with Gasteiger partial charge in [-0.1, -0.05) is 6.08 Å². The van der Waals surface area contributed by atoms with Crippen molar-refractivity contribution < 1.29 is 45.6 Å². The second-order valence-electron chi connectivity index (χ2n) is 8.56. The summed E-state index contributed by atoms with van der Waals surface area (Å²) in [5.41, 5.74) is -1.96. The second-order valence-corrected chi connectivity index (χ2v) is 10.2. The van der Waals surface area contributed by atoms with Gasteiger partial charge < -0.3 is 14.2 Å². The van der Waals surface area contributed by atoms with Crippen LogP contribution < -0.4 is 0 Å². The summed E-state index contributed by atoms with van der Waals surface area (Å²) < 4.78 is 55.1. The Morgan fingerprint density at radius 2 is 1.45 bits per heavy atom. The molecule has 10 nitrogen and oxygen atoms in total. The molecule has 0 radical (unpaired) electrons. The van der Waals surface area contributed by atoms with E-state index in [2.05, 4.69) is 8.92 Å². The van der Waals surface area contributed by atoms with Gasteiger partial charge in [0.05, 0.1) is 13.4 Å². The van der Waals surface area contributed by atoms with Crippen molar-refractivity contribution in [3.8, 4) is 0 Å². The molecular weight excluding hydrogens is 437 g/mol. The van der Waals surface area contributed by atoms with E-state index in [1.54, 1.807) is 41.5 Å². The number of halogens is 1. The summed E-state index contributed by atoms with van der Waals surface area (Å²) in [6, 6.07) is -1.48. The van der Waals surface area contributed by atoms with Crippen molar-refractivity contribution in [1.29, 1.82) is 0 Å². The Morgan fingerprint density at radius 1 is 1.00 bits per heavy atom. The molecule has 0 unspecified atom stereocenters. The molecule has 0 N–H and O–H groups in total. The predicted octanol–water partition coefficient (Wildman–Crippen LogP) is 3.31. The Labute approximate surface area is 182 Å². The first-order valence-electron chi connectivity index (χ1n) is 9.38. The van der Waals surface area contributed by atoms with Crippen LogP contribution in [0.2, 0.25) is 0 Å². The summed E-state index contributed by atoms with van der Waals surface area (Å²) in [6.45, 7) is 8.63. The zero-order chi connectivity index (χ0) is 24.6. The van der Waals surface area contributed by atoms with Crippen LogP contribution in [0.1, 0.15) is 54.4 Å². The molecule has 0 bridgehead atoms. The molecular formula is C19H32FNO9S. The average Bonchev–Trinajstić information content (AvgIpc) is 2.54. The van der Waals surface area contributed by atoms with Crippen LogP contribution in [-0.4, -0.2) is 68.7 Å². The van der Waals surface area contributed by atoms with E-state index in [-0.39, 0.29) is 12.8 Å². The van der Waals surface area contributed by atoms with Gasteiger partial charge in [0.25, 0.3) is 10.1 Å². The first-order chi connectivity index (χ1) is 13.9. The number of hydrogen-bond donors (Lipinski definition) is 0. The molecule has 31 heavy (non-hydrogen) atoms. The molecule has 0 aliphatic heterocycles. The zero-order valence-electron chi connectivity index (χ0n) is 19.2. The molecule has 0 aromatic rings. The maximum Gasteiger partial charge on any atom is 0.420 e. The number of ether oxygens (including phenoxy) is 3. The van der Waals surface area contributed by atoms with Gasteiger partial charge in [-0.15, -0.1) is 0 Å². The Morgan fingerprint density at radius 3 is 1.81 bits per heavy atom. The number of methoxy groups -OCH3 is 1. The van der Waals surface area contributed by atoms with Crippen molar-refractivity contribution >= 4 is 28.3 Å². The summed E-state index contributed by atoms with van der Waals surface area (Å²) >= 11 is 0. The lowest BCUT2D eigenvalue weighted by Crippen LogP contribution is -2.52. The number of nitrogens with zero attached hydrogens (tertiary/aromatic N) is 1. The van der Waals surface area contributed by atoms with Gasteiger partial charge in [0.1, 0.15) is 29.7 Å². The van der Waals surface area contributed by atoms with Crippen molar-refractivity contribution in [3.05, 3.63) is 11.9 Å². The number of imide groups is 1. The fourth-order valence-electron chi connectivity index (χ4n) is 2.06. The third kappa shape index (κ3) is 12.9. The fraction of sp³-hybridized carbons (Fsp3) is 0.737. The van der Waals surface area contributed by atoms with Gasteiger partial charge in [-0.2, -0.15) is 13.3 Å². The quantitative estimate of drug-likeness (QED) is 0.299. The highest BCUT2D eigenvalue weighted by molar-refractivity contribution is 7.85. The number of carbonyl (C=O) groups is 3. The molecule has 0 spiro atoms. The molecule has 1 atom stereocenters. The summed E-state index contributed by atoms with van der Waals surface area (Å²) in [5, 5.41) is 0. The molecule has 0 heterocycles. The molecule has 2 amide bonds.